The van der Waals surface area contributed by atoms with Crippen LogP contribution in [-0.4, -0.2) is 33.4 Å². The third kappa shape index (κ3) is 5.17. The number of pyridine rings is 1. The summed E-state index contributed by atoms with van der Waals surface area (Å²) in [5.74, 6) is -1.50. The third-order valence-corrected chi connectivity index (χ3v) is 3.66. The smallest absolute Gasteiger partial charge is 0.308 e. The molecule has 1 unspecified atom stereocenters. The molecular formula is C16H24N2O3. The van der Waals surface area contributed by atoms with E-state index in [4.69, 9.17) is 5.11 Å². The van der Waals surface area contributed by atoms with Crippen LogP contribution >= 0.6 is 0 Å². The van der Waals surface area contributed by atoms with Crippen LogP contribution in [0.4, 0.5) is 0 Å². The van der Waals surface area contributed by atoms with Gasteiger partial charge in [-0.05, 0) is 24.5 Å². The van der Waals surface area contributed by atoms with Crippen LogP contribution < -0.4 is 0 Å². The number of nitrogens with zero attached hydrogens (tertiary/aromatic N) is 2. The highest BCUT2D eigenvalue weighted by Gasteiger charge is 2.25. The molecule has 1 aromatic rings. The maximum atomic E-state index is 12.6. The lowest BCUT2D eigenvalue weighted by Crippen LogP contribution is -2.39. The summed E-state index contributed by atoms with van der Waals surface area (Å²) >= 11 is 0. The fourth-order valence-corrected chi connectivity index (χ4v) is 2.25. The molecule has 1 atom stereocenters. The zero-order chi connectivity index (χ0) is 15.8. The van der Waals surface area contributed by atoms with Gasteiger partial charge < -0.3 is 10.0 Å². The summed E-state index contributed by atoms with van der Waals surface area (Å²) in [4.78, 5) is 29.3. The van der Waals surface area contributed by atoms with Crippen molar-refractivity contribution in [3.63, 3.8) is 0 Å². The lowest BCUT2D eigenvalue weighted by atomic mass is 10.0. The Labute approximate surface area is 126 Å². The zero-order valence-electron chi connectivity index (χ0n) is 13.0. The van der Waals surface area contributed by atoms with Gasteiger partial charge in [0.2, 0.25) is 5.91 Å². The minimum atomic E-state index is -0.886. The molecular weight excluding hydrogens is 268 g/mol. The average Bonchev–Trinajstić information content (AvgIpc) is 2.48. The van der Waals surface area contributed by atoms with E-state index in [-0.39, 0.29) is 18.4 Å². The zero-order valence-corrected chi connectivity index (χ0v) is 13.0. The Hall–Kier alpha value is -1.91. The fourth-order valence-electron chi connectivity index (χ4n) is 2.25. The first kappa shape index (κ1) is 17.1. The van der Waals surface area contributed by atoms with Gasteiger partial charge in [0.25, 0.3) is 0 Å². The van der Waals surface area contributed by atoms with Crippen molar-refractivity contribution < 1.29 is 14.7 Å². The second-order valence-corrected chi connectivity index (χ2v) is 5.33. The van der Waals surface area contributed by atoms with E-state index in [0.717, 1.165) is 18.4 Å². The van der Waals surface area contributed by atoms with Crippen LogP contribution in [0.5, 0.6) is 0 Å². The number of aliphatic carboxylic acids is 1. The molecule has 5 nitrogen and oxygen atoms in total. The number of amides is 1. The summed E-state index contributed by atoms with van der Waals surface area (Å²) in [6.45, 7) is 6.21. The molecule has 0 aromatic carbocycles. The molecule has 0 aliphatic rings. The summed E-state index contributed by atoms with van der Waals surface area (Å²) in [6, 6.07) is 3.71. The summed E-state index contributed by atoms with van der Waals surface area (Å²) in [5, 5.41) is 9.08. The summed E-state index contributed by atoms with van der Waals surface area (Å²) in [7, 11) is 0. The molecule has 5 heteroatoms. The number of carboxylic acid groups (broad SMARTS) is 1. The van der Waals surface area contributed by atoms with Crippen LogP contribution in [0.3, 0.4) is 0 Å². The van der Waals surface area contributed by atoms with Gasteiger partial charge in [-0.3, -0.25) is 14.6 Å². The number of carbonyl (C=O) groups is 2. The van der Waals surface area contributed by atoms with Gasteiger partial charge in [-0.25, -0.2) is 0 Å². The number of rotatable bonds is 8. The van der Waals surface area contributed by atoms with Crippen LogP contribution in [0.1, 0.15) is 39.2 Å². The first-order chi connectivity index (χ1) is 9.99. The summed E-state index contributed by atoms with van der Waals surface area (Å²) < 4.78 is 0. The topological polar surface area (TPSA) is 70.5 Å². The van der Waals surface area contributed by atoms with Crippen LogP contribution in [0.2, 0.25) is 0 Å². The van der Waals surface area contributed by atoms with E-state index in [2.05, 4.69) is 4.98 Å². The van der Waals surface area contributed by atoms with Crippen molar-refractivity contribution in [3.05, 3.63) is 30.1 Å². The minimum absolute atomic E-state index is 0.0250. The number of carbonyl (C=O) groups excluding carboxylic acids is 1. The molecule has 0 saturated heterocycles. The molecule has 0 aliphatic carbocycles. The van der Waals surface area contributed by atoms with Crippen molar-refractivity contribution >= 4 is 11.9 Å². The van der Waals surface area contributed by atoms with Gasteiger partial charge in [0.1, 0.15) is 0 Å². The van der Waals surface area contributed by atoms with Crippen molar-refractivity contribution in [2.45, 2.75) is 40.2 Å². The molecule has 0 spiro atoms. The van der Waals surface area contributed by atoms with Gasteiger partial charge in [0.05, 0.1) is 5.92 Å². The molecule has 1 amide bonds. The molecule has 1 rings (SSSR count). The predicted molar refractivity (Wildman–Crippen MR) is 80.5 cm³/mol. The molecule has 1 heterocycles. The van der Waals surface area contributed by atoms with Crippen molar-refractivity contribution in [3.8, 4) is 0 Å². The molecule has 1 N–H and O–H groups in total. The Bertz CT molecular complexity index is 458. The second-order valence-electron chi connectivity index (χ2n) is 5.33. The van der Waals surface area contributed by atoms with E-state index in [9.17, 15) is 9.59 Å². The SMILES string of the molecule is CCC(CC)C(=O)N(Cc1cccnc1)CC(C)C(=O)O. The van der Waals surface area contributed by atoms with Gasteiger partial charge in [-0.15, -0.1) is 0 Å². The molecule has 0 radical (unpaired) electrons. The third-order valence-electron chi connectivity index (χ3n) is 3.66. The van der Waals surface area contributed by atoms with Crippen LogP contribution in [-0.2, 0) is 16.1 Å². The lowest BCUT2D eigenvalue weighted by molar-refractivity contribution is -0.144. The molecule has 116 valence electrons. The van der Waals surface area contributed by atoms with Crippen molar-refractivity contribution in [2.24, 2.45) is 11.8 Å². The first-order valence-corrected chi connectivity index (χ1v) is 7.40. The predicted octanol–water partition coefficient (Wildman–Crippen LogP) is 2.57. The molecule has 0 fully saturated rings. The quantitative estimate of drug-likeness (QED) is 0.799. The average molecular weight is 292 g/mol. The Balaban J connectivity index is 2.88. The standard InChI is InChI=1S/C16H24N2O3/c1-4-14(5-2)15(19)18(10-12(3)16(20)21)11-13-7-6-8-17-9-13/h6-9,12,14H,4-5,10-11H2,1-3H3,(H,20,21). The molecule has 1 aromatic heterocycles. The fraction of sp³-hybridized carbons (Fsp3) is 0.562. The van der Waals surface area contributed by atoms with Crippen molar-refractivity contribution in [1.29, 1.82) is 0 Å². The van der Waals surface area contributed by atoms with E-state index in [1.165, 1.54) is 0 Å². The van der Waals surface area contributed by atoms with Gasteiger partial charge in [-0.2, -0.15) is 0 Å². The van der Waals surface area contributed by atoms with Crippen molar-refractivity contribution in [1.82, 2.24) is 9.88 Å². The maximum absolute atomic E-state index is 12.6. The summed E-state index contributed by atoms with van der Waals surface area (Å²) in [6.07, 6.45) is 4.91. The van der Waals surface area contributed by atoms with Crippen LogP contribution in [0.25, 0.3) is 0 Å². The number of aromatic nitrogens is 1. The van der Waals surface area contributed by atoms with Gasteiger partial charge in [-0.1, -0.05) is 26.8 Å². The molecule has 0 aliphatic heterocycles. The van der Waals surface area contributed by atoms with E-state index in [1.54, 1.807) is 24.2 Å². The van der Waals surface area contributed by atoms with E-state index < -0.39 is 11.9 Å². The van der Waals surface area contributed by atoms with E-state index in [1.807, 2.05) is 26.0 Å². The lowest BCUT2D eigenvalue weighted by Gasteiger charge is -2.28. The maximum Gasteiger partial charge on any atom is 0.308 e. The largest absolute Gasteiger partial charge is 0.481 e. The molecule has 0 saturated carbocycles. The highest BCUT2D eigenvalue weighted by atomic mass is 16.4. The molecule has 0 bridgehead atoms. The van der Waals surface area contributed by atoms with Gasteiger partial charge in [0, 0.05) is 31.4 Å². The normalized spacial score (nSPS) is 12.2. The van der Waals surface area contributed by atoms with E-state index in [0.29, 0.717) is 6.54 Å². The highest BCUT2D eigenvalue weighted by molar-refractivity contribution is 5.79. The Kier molecular flexibility index (Phi) is 6.85. The van der Waals surface area contributed by atoms with Gasteiger partial charge >= 0.3 is 5.97 Å². The van der Waals surface area contributed by atoms with Crippen molar-refractivity contribution in [2.75, 3.05) is 6.54 Å². The molecule has 21 heavy (non-hydrogen) atoms. The highest BCUT2D eigenvalue weighted by Crippen LogP contribution is 2.16. The van der Waals surface area contributed by atoms with Gasteiger partial charge in [0.15, 0.2) is 0 Å². The van der Waals surface area contributed by atoms with Crippen LogP contribution in [0, 0.1) is 11.8 Å². The van der Waals surface area contributed by atoms with E-state index >= 15 is 0 Å². The summed E-state index contributed by atoms with van der Waals surface area (Å²) in [5.41, 5.74) is 0.911. The monoisotopic (exact) mass is 292 g/mol. The Morgan fingerprint density at radius 1 is 1.33 bits per heavy atom. The number of hydrogen-bond donors (Lipinski definition) is 1. The first-order valence-electron chi connectivity index (χ1n) is 7.40. The Morgan fingerprint density at radius 3 is 2.48 bits per heavy atom. The minimum Gasteiger partial charge on any atom is -0.481 e. The van der Waals surface area contributed by atoms with Crippen LogP contribution in [0.15, 0.2) is 24.5 Å². The Morgan fingerprint density at radius 2 is 2.00 bits per heavy atom. The number of carboxylic acids is 1. The number of hydrogen-bond acceptors (Lipinski definition) is 3. The second kappa shape index (κ2) is 8.39.